The molecule has 1 aromatic rings. The zero-order valence-electron chi connectivity index (χ0n) is 24.5. The van der Waals surface area contributed by atoms with Gasteiger partial charge >= 0.3 is 5.97 Å². The van der Waals surface area contributed by atoms with Crippen molar-refractivity contribution in [1.29, 1.82) is 0 Å². The Hall–Kier alpha value is -2.04. The van der Waals surface area contributed by atoms with Gasteiger partial charge in [0.25, 0.3) is 5.91 Å². The molecule has 8 nitrogen and oxygen atoms in total. The molecule has 3 unspecified atom stereocenters. The molecule has 1 N–H and O–H groups in total. The van der Waals surface area contributed by atoms with E-state index >= 15 is 0 Å². The molecule has 41 heavy (non-hydrogen) atoms. The summed E-state index contributed by atoms with van der Waals surface area (Å²) in [4.78, 5) is 47.8. The van der Waals surface area contributed by atoms with Crippen LogP contribution in [0.15, 0.2) is 36.9 Å². The van der Waals surface area contributed by atoms with Crippen molar-refractivity contribution >= 4 is 56.9 Å². The van der Waals surface area contributed by atoms with Gasteiger partial charge in [-0.3, -0.25) is 14.4 Å². The molecule has 3 aliphatic rings. The summed E-state index contributed by atoms with van der Waals surface area (Å²) < 4.78 is 4.75. The molecule has 3 fully saturated rings. The maximum absolute atomic E-state index is 14.7. The minimum atomic E-state index is -0.712. The van der Waals surface area contributed by atoms with Gasteiger partial charge in [0.05, 0.1) is 23.2 Å². The first-order chi connectivity index (χ1) is 19.8. The van der Waals surface area contributed by atoms with Gasteiger partial charge in [-0.15, -0.1) is 18.3 Å². The molecule has 226 valence electrons. The molecule has 0 aliphatic carbocycles. The van der Waals surface area contributed by atoms with Crippen LogP contribution in [-0.4, -0.2) is 88.0 Å². The van der Waals surface area contributed by atoms with E-state index in [4.69, 9.17) is 4.74 Å². The number of alkyl halides is 1. The summed E-state index contributed by atoms with van der Waals surface area (Å²) in [7, 11) is 0. The number of nitrogens with zero attached hydrogens (tertiary/aromatic N) is 3. The van der Waals surface area contributed by atoms with E-state index in [2.05, 4.69) is 41.3 Å². The molecular formula is C31H44BrN3O5S. The Morgan fingerprint density at radius 2 is 1.80 bits per heavy atom. The van der Waals surface area contributed by atoms with E-state index in [9.17, 15) is 19.5 Å². The predicted molar refractivity (Wildman–Crippen MR) is 169 cm³/mol. The number of rotatable bonds is 15. The molecular weight excluding hydrogens is 606 g/mol. The van der Waals surface area contributed by atoms with Gasteiger partial charge in [-0.2, -0.15) is 0 Å². The third-order valence-corrected chi connectivity index (χ3v) is 12.0. The van der Waals surface area contributed by atoms with Gasteiger partial charge in [-0.05, 0) is 64.3 Å². The molecule has 3 saturated heterocycles. The van der Waals surface area contributed by atoms with Crippen LogP contribution in [0.5, 0.6) is 0 Å². The highest BCUT2D eigenvalue weighted by atomic mass is 79.9. The second-order valence-electron chi connectivity index (χ2n) is 11.0. The average molecular weight is 651 g/mol. The number of unbranched alkanes of at least 4 members (excludes halogenated alkanes) is 3. The van der Waals surface area contributed by atoms with Crippen LogP contribution in [0.1, 0.15) is 52.9 Å². The quantitative estimate of drug-likeness (QED) is 0.128. The van der Waals surface area contributed by atoms with Crippen LogP contribution in [0.3, 0.4) is 0 Å². The normalized spacial score (nSPS) is 28.1. The third-order valence-electron chi connectivity index (χ3n) is 8.76. The largest absolute Gasteiger partial charge is 0.466 e. The molecule has 1 spiro atoms. The maximum atomic E-state index is 14.7. The zero-order chi connectivity index (χ0) is 29.7. The maximum Gasteiger partial charge on any atom is 0.310 e. The van der Waals surface area contributed by atoms with Crippen molar-refractivity contribution in [3.8, 4) is 0 Å². The second-order valence-corrected chi connectivity index (χ2v) is 13.7. The summed E-state index contributed by atoms with van der Waals surface area (Å²) in [5, 5.41) is 9.06. The number of esters is 1. The highest BCUT2D eigenvalue weighted by molar-refractivity contribution is 9.09. The lowest BCUT2D eigenvalue weighted by molar-refractivity contribution is -0.153. The van der Waals surface area contributed by atoms with Crippen molar-refractivity contribution in [1.82, 2.24) is 4.90 Å². The summed E-state index contributed by atoms with van der Waals surface area (Å²) in [5.41, 5.74) is 1.85. The summed E-state index contributed by atoms with van der Waals surface area (Å²) in [6.45, 7) is 12.9. The van der Waals surface area contributed by atoms with E-state index in [-0.39, 0.29) is 41.1 Å². The van der Waals surface area contributed by atoms with Crippen molar-refractivity contribution in [3.63, 3.8) is 0 Å². The highest BCUT2D eigenvalue weighted by Gasteiger charge is 2.76. The molecule has 6 atom stereocenters. The molecule has 10 heteroatoms. The fraction of sp³-hybridized carbons (Fsp3) is 0.645. The summed E-state index contributed by atoms with van der Waals surface area (Å²) in [6.07, 6.45) is 5.51. The monoisotopic (exact) mass is 649 g/mol. The minimum Gasteiger partial charge on any atom is -0.466 e. The van der Waals surface area contributed by atoms with Gasteiger partial charge in [0.1, 0.15) is 6.04 Å². The molecule has 3 heterocycles. The lowest BCUT2D eigenvalue weighted by Gasteiger charge is -2.38. The SMILES string of the molecule is C=CCN(C(=O)C1N(CCCCCCO)C(=O)[C@@H]2[C@H](C(=O)OCC)[C@H]3SC12CC3Br)c1ccc(N(CC)CC)cc1. The molecule has 4 rings (SSSR count). The third kappa shape index (κ3) is 5.93. The number of likely N-dealkylation sites (tertiary alicyclic amines) is 1. The molecule has 2 amide bonds. The van der Waals surface area contributed by atoms with E-state index in [1.54, 1.807) is 34.6 Å². The first-order valence-corrected chi connectivity index (χ1v) is 16.8. The topological polar surface area (TPSA) is 90.4 Å². The molecule has 1 aromatic carbocycles. The summed E-state index contributed by atoms with van der Waals surface area (Å²) in [5.74, 6) is -1.77. The number of fused-ring (bicyclic) bond motifs is 1. The number of amides is 2. The first-order valence-electron chi connectivity index (χ1n) is 15.0. The fourth-order valence-corrected chi connectivity index (χ4v) is 10.5. The van der Waals surface area contributed by atoms with Gasteiger partial charge in [0.2, 0.25) is 5.91 Å². The van der Waals surface area contributed by atoms with E-state index in [0.29, 0.717) is 25.9 Å². The lowest BCUT2D eigenvalue weighted by Crippen LogP contribution is -2.55. The van der Waals surface area contributed by atoms with Gasteiger partial charge in [-0.1, -0.05) is 34.8 Å². The van der Waals surface area contributed by atoms with Crippen molar-refractivity contribution in [2.45, 2.75) is 73.7 Å². The van der Waals surface area contributed by atoms with Crippen LogP contribution >= 0.6 is 27.7 Å². The van der Waals surface area contributed by atoms with Crippen LogP contribution in [0, 0.1) is 11.8 Å². The zero-order valence-corrected chi connectivity index (χ0v) is 26.9. The lowest BCUT2D eigenvalue weighted by atomic mass is 9.71. The van der Waals surface area contributed by atoms with Gasteiger partial charge in [-0.25, -0.2) is 0 Å². The van der Waals surface area contributed by atoms with Crippen molar-refractivity contribution in [3.05, 3.63) is 36.9 Å². The fourth-order valence-electron chi connectivity index (χ4n) is 6.94. The molecule has 3 aliphatic heterocycles. The van der Waals surface area contributed by atoms with Crippen molar-refractivity contribution < 1.29 is 24.2 Å². The number of anilines is 2. The van der Waals surface area contributed by atoms with Crippen LogP contribution in [0.25, 0.3) is 0 Å². The van der Waals surface area contributed by atoms with Gasteiger partial charge in [0, 0.05) is 54.2 Å². The molecule has 0 radical (unpaired) electrons. The summed E-state index contributed by atoms with van der Waals surface area (Å²) >= 11 is 5.43. The van der Waals surface area contributed by atoms with E-state index < -0.39 is 22.6 Å². The number of aliphatic hydroxyl groups is 1. The number of ether oxygens (including phenoxy) is 1. The smallest absolute Gasteiger partial charge is 0.310 e. The van der Waals surface area contributed by atoms with Crippen LogP contribution < -0.4 is 9.80 Å². The van der Waals surface area contributed by atoms with Crippen LogP contribution in [0.2, 0.25) is 0 Å². The number of benzene rings is 1. The Morgan fingerprint density at radius 3 is 2.41 bits per heavy atom. The van der Waals surface area contributed by atoms with Crippen LogP contribution in [-0.2, 0) is 19.1 Å². The van der Waals surface area contributed by atoms with E-state index in [0.717, 1.165) is 43.7 Å². The van der Waals surface area contributed by atoms with E-state index in [1.165, 1.54) is 0 Å². The average Bonchev–Trinajstić information content (AvgIpc) is 3.56. The Bertz CT molecular complexity index is 1100. The summed E-state index contributed by atoms with van der Waals surface area (Å²) in [6, 6.07) is 7.30. The number of halogens is 1. The molecule has 0 saturated carbocycles. The number of aliphatic hydroxyl groups excluding tert-OH is 1. The number of hydrogen-bond donors (Lipinski definition) is 1. The predicted octanol–water partition coefficient (Wildman–Crippen LogP) is 4.63. The highest BCUT2D eigenvalue weighted by Crippen LogP contribution is 2.68. The molecule has 0 aromatic heterocycles. The number of carbonyl (C=O) groups excluding carboxylic acids is 3. The van der Waals surface area contributed by atoms with Crippen LogP contribution in [0.4, 0.5) is 11.4 Å². The first kappa shape index (κ1) is 31.9. The van der Waals surface area contributed by atoms with E-state index in [1.807, 2.05) is 24.3 Å². The number of thioether (sulfide) groups is 1. The standard InChI is InChI=1S/C31H44BrN3O5S/c1-5-17-34(22-15-13-21(14-16-22)33(6-2)7-3)29(38)27-31-20-23(32)26(41-31)24(30(39)40-8-4)25(31)28(37)35(27)18-11-9-10-12-19-36/h5,13-16,23-27,36H,1,6-12,17-20H2,2-4H3/t23?,24-,25-,26-,27?,31?/m0/s1. The molecule has 2 bridgehead atoms. The van der Waals surface area contributed by atoms with Crippen molar-refractivity contribution in [2.24, 2.45) is 11.8 Å². The van der Waals surface area contributed by atoms with Crippen molar-refractivity contribution in [2.75, 3.05) is 49.2 Å². The Morgan fingerprint density at radius 1 is 1.15 bits per heavy atom. The van der Waals surface area contributed by atoms with Gasteiger partial charge < -0.3 is 24.5 Å². The Kier molecular flexibility index (Phi) is 10.9. The number of hydrogen-bond acceptors (Lipinski definition) is 7. The Balaban J connectivity index is 1.71. The minimum absolute atomic E-state index is 0.00645. The number of carbonyl (C=O) groups is 3. The van der Waals surface area contributed by atoms with Gasteiger partial charge in [0.15, 0.2) is 0 Å². The Labute approximate surface area is 257 Å². The second kappa shape index (κ2) is 14.0.